The molecule has 0 atom stereocenters. The van der Waals surface area contributed by atoms with Crippen molar-refractivity contribution in [3.05, 3.63) is 40.7 Å². The van der Waals surface area contributed by atoms with Gasteiger partial charge in [0.1, 0.15) is 11.6 Å². The van der Waals surface area contributed by atoms with Crippen LogP contribution in [0.3, 0.4) is 0 Å². The van der Waals surface area contributed by atoms with Gasteiger partial charge in [0.15, 0.2) is 5.65 Å². The Morgan fingerprint density at radius 2 is 1.70 bits per heavy atom. The smallest absolute Gasteiger partial charge is 0.165 e. The summed E-state index contributed by atoms with van der Waals surface area (Å²) in [6.07, 6.45) is 5.32. The summed E-state index contributed by atoms with van der Waals surface area (Å²) in [7, 11) is 1.71. The van der Waals surface area contributed by atoms with Crippen molar-refractivity contribution in [3.8, 4) is 16.9 Å². The Hall–Kier alpha value is -2.60. The number of hydrogen-bond acceptors (Lipinski definition) is 5. The Balaban J connectivity index is 1.65. The van der Waals surface area contributed by atoms with Gasteiger partial charge in [-0.25, -0.2) is 4.98 Å². The summed E-state index contributed by atoms with van der Waals surface area (Å²) in [6, 6.07) is 6.92. The van der Waals surface area contributed by atoms with E-state index < -0.39 is 0 Å². The van der Waals surface area contributed by atoms with Crippen LogP contribution in [0.1, 0.15) is 48.2 Å². The van der Waals surface area contributed by atoms with E-state index in [-0.39, 0.29) is 0 Å². The first-order chi connectivity index (χ1) is 14.5. The molecule has 3 aromatic rings. The molecule has 0 amide bonds. The molecule has 1 saturated carbocycles. The molecule has 2 aromatic heterocycles. The van der Waals surface area contributed by atoms with Crippen LogP contribution in [0.2, 0.25) is 0 Å². The Morgan fingerprint density at radius 3 is 2.37 bits per heavy atom. The number of nitrogens with zero attached hydrogens (tertiary/aromatic N) is 3. The van der Waals surface area contributed by atoms with E-state index in [1.165, 1.54) is 42.4 Å². The number of hydrogen-bond donors (Lipinski definition) is 2. The predicted octanol–water partition coefficient (Wildman–Crippen LogP) is 4.58. The second-order valence-electron chi connectivity index (χ2n) is 8.48. The fraction of sp³-hybridized carbons (Fsp3) is 0.500. The maximum Gasteiger partial charge on any atom is 0.165 e. The first-order valence-corrected chi connectivity index (χ1v) is 11.0. The zero-order valence-corrected chi connectivity index (χ0v) is 18.8. The van der Waals surface area contributed by atoms with E-state index in [4.69, 9.17) is 14.8 Å². The molecule has 1 aromatic carbocycles. The number of aromatic nitrogens is 3. The Labute approximate surface area is 179 Å². The van der Waals surface area contributed by atoms with Crippen molar-refractivity contribution in [1.82, 2.24) is 19.9 Å². The van der Waals surface area contributed by atoms with E-state index >= 15 is 0 Å². The third kappa shape index (κ3) is 4.01. The maximum atomic E-state index is 5.44. The van der Waals surface area contributed by atoms with Crippen molar-refractivity contribution >= 4 is 11.5 Å². The monoisotopic (exact) mass is 407 g/mol. The molecule has 1 aliphatic carbocycles. The molecule has 0 saturated heterocycles. The molecule has 1 fully saturated rings. The summed E-state index contributed by atoms with van der Waals surface area (Å²) in [5, 5.41) is 12.1. The van der Waals surface area contributed by atoms with E-state index in [2.05, 4.69) is 49.6 Å². The van der Waals surface area contributed by atoms with Gasteiger partial charge in [-0.15, -0.1) is 0 Å². The number of anilines is 1. The van der Waals surface area contributed by atoms with Crippen molar-refractivity contribution in [2.45, 2.75) is 59.4 Å². The lowest BCUT2D eigenvalue weighted by Crippen LogP contribution is -2.31. The van der Waals surface area contributed by atoms with Gasteiger partial charge in [-0.1, -0.05) is 12.8 Å². The molecule has 6 heteroatoms. The molecule has 0 radical (unpaired) electrons. The molecular weight excluding hydrogens is 374 g/mol. The van der Waals surface area contributed by atoms with E-state index in [1.54, 1.807) is 7.11 Å². The van der Waals surface area contributed by atoms with Crippen LogP contribution in [0, 0.1) is 27.7 Å². The fourth-order valence-corrected chi connectivity index (χ4v) is 4.70. The first kappa shape index (κ1) is 20.7. The largest absolute Gasteiger partial charge is 0.497 e. The van der Waals surface area contributed by atoms with Crippen molar-refractivity contribution in [1.29, 1.82) is 0 Å². The topological polar surface area (TPSA) is 63.5 Å². The molecule has 2 N–H and O–H groups in total. The van der Waals surface area contributed by atoms with Crippen LogP contribution in [-0.4, -0.2) is 40.8 Å². The third-order valence-corrected chi connectivity index (χ3v) is 6.10. The SMILES string of the molecule is COc1cc(C)c(-c2c(C)nn3c(NCCNC4CCCC4)cc(C)nc23)c(C)c1. The molecule has 4 rings (SSSR count). The van der Waals surface area contributed by atoms with Crippen molar-refractivity contribution in [2.75, 3.05) is 25.5 Å². The van der Waals surface area contributed by atoms with Crippen molar-refractivity contribution < 1.29 is 4.74 Å². The molecule has 1 aliphatic rings. The quantitative estimate of drug-likeness (QED) is 0.561. The number of aryl methyl sites for hydroxylation is 4. The lowest BCUT2D eigenvalue weighted by Gasteiger charge is -2.14. The summed E-state index contributed by atoms with van der Waals surface area (Å²) in [5.74, 6) is 1.87. The molecule has 2 heterocycles. The predicted molar refractivity (Wildman–Crippen MR) is 123 cm³/mol. The number of benzene rings is 1. The Kier molecular flexibility index (Phi) is 5.95. The molecular formula is C24H33N5O. The van der Waals surface area contributed by atoms with Crippen LogP contribution in [0.5, 0.6) is 5.75 Å². The van der Waals surface area contributed by atoms with Gasteiger partial charge in [0.25, 0.3) is 0 Å². The summed E-state index contributed by atoms with van der Waals surface area (Å²) in [6.45, 7) is 10.2. The highest BCUT2D eigenvalue weighted by Crippen LogP contribution is 2.36. The van der Waals surface area contributed by atoms with Crippen LogP contribution in [0.25, 0.3) is 16.8 Å². The van der Waals surface area contributed by atoms with Gasteiger partial charge in [0.05, 0.1) is 18.4 Å². The Bertz CT molecular complexity index is 1030. The normalized spacial score (nSPS) is 14.6. The number of nitrogens with one attached hydrogen (secondary N) is 2. The van der Waals surface area contributed by atoms with E-state index in [0.29, 0.717) is 6.04 Å². The molecule has 160 valence electrons. The van der Waals surface area contributed by atoms with E-state index in [9.17, 15) is 0 Å². The highest BCUT2D eigenvalue weighted by atomic mass is 16.5. The van der Waals surface area contributed by atoms with Gasteiger partial charge in [0.2, 0.25) is 0 Å². The molecule has 0 aliphatic heterocycles. The molecule has 0 unspecified atom stereocenters. The van der Waals surface area contributed by atoms with Gasteiger partial charge >= 0.3 is 0 Å². The number of fused-ring (bicyclic) bond motifs is 1. The minimum atomic E-state index is 0.686. The Morgan fingerprint density at radius 1 is 1.00 bits per heavy atom. The second-order valence-corrected chi connectivity index (χ2v) is 8.48. The van der Waals surface area contributed by atoms with Gasteiger partial charge < -0.3 is 15.4 Å². The minimum absolute atomic E-state index is 0.686. The van der Waals surface area contributed by atoms with Gasteiger partial charge in [0, 0.05) is 30.9 Å². The lowest BCUT2D eigenvalue weighted by atomic mass is 9.95. The van der Waals surface area contributed by atoms with Gasteiger partial charge in [-0.05, 0) is 69.4 Å². The van der Waals surface area contributed by atoms with Crippen molar-refractivity contribution in [2.24, 2.45) is 0 Å². The van der Waals surface area contributed by atoms with Crippen LogP contribution >= 0.6 is 0 Å². The first-order valence-electron chi connectivity index (χ1n) is 11.0. The molecule has 0 spiro atoms. The van der Waals surface area contributed by atoms with Crippen LogP contribution in [-0.2, 0) is 0 Å². The van der Waals surface area contributed by atoms with Crippen LogP contribution in [0.15, 0.2) is 18.2 Å². The van der Waals surface area contributed by atoms with Crippen molar-refractivity contribution in [3.63, 3.8) is 0 Å². The minimum Gasteiger partial charge on any atom is -0.497 e. The van der Waals surface area contributed by atoms with Crippen LogP contribution < -0.4 is 15.4 Å². The highest BCUT2D eigenvalue weighted by Gasteiger charge is 2.20. The number of ether oxygens (including phenoxy) is 1. The van der Waals surface area contributed by atoms with Gasteiger partial charge in [-0.3, -0.25) is 0 Å². The highest BCUT2D eigenvalue weighted by molar-refractivity contribution is 5.85. The summed E-state index contributed by atoms with van der Waals surface area (Å²) in [5.41, 5.74) is 7.50. The lowest BCUT2D eigenvalue weighted by molar-refractivity contribution is 0.414. The zero-order valence-electron chi connectivity index (χ0n) is 18.8. The summed E-state index contributed by atoms with van der Waals surface area (Å²) in [4.78, 5) is 4.86. The summed E-state index contributed by atoms with van der Waals surface area (Å²) < 4.78 is 7.40. The zero-order chi connectivity index (χ0) is 21.3. The number of rotatable bonds is 7. The van der Waals surface area contributed by atoms with Crippen LogP contribution in [0.4, 0.5) is 5.82 Å². The fourth-order valence-electron chi connectivity index (χ4n) is 4.70. The van der Waals surface area contributed by atoms with E-state index in [1.807, 2.05) is 11.4 Å². The molecule has 30 heavy (non-hydrogen) atoms. The molecule has 6 nitrogen and oxygen atoms in total. The van der Waals surface area contributed by atoms with Gasteiger partial charge in [-0.2, -0.15) is 9.61 Å². The molecule has 0 bridgehead atoms. The summed E-state index contributed by atoms with van der Waals surface area (Å²) >= 11 is 0. The standard InChI is InChI=1S/C24H33N5O/c1-15-12-20(30-5)13-16(2)22(15)23-18(4)28-29-21(14-17(3)27-24(23)29)26-11-10-25-19-8-6-7-9-19/h12-14,19,25-26H,6-11H2,1-5H3. The third-order valence-electron chi connectivity index (χ3n) is 6.10. The van der Waals surface area contributed by atoms with E-state index in [0.717, 1.165) is 47.3 Å². The second kappa shape index (κ2) is 8.64. The maximum absolute atomic E-state index is 5.44. The average Bonchev–Trinajstić information content (AvgIpc) is 3.33. The number of methoxy groups -OCH3 is 1. The average molecular weight is 408 g/mol.